The molecule has 0 saturated carbocycles. The van der Waals surface area contributed by atoms with Crippen molar-refractivity contribution in [2.45, 2.75) is 19.4 Å². The van der Waals surface area contributed by atoms with Crippen molar-refractivity contribution in [3.63, 3.8) is 0 Å². The summed E-state index contributed by atoms with van der Waals surface area (Å²) in [5.74, 6) is 2.34. The van der Waals surface area contributed by atoms with Gasteiger partial charge in [-0.15, -0.1) is 0 Å². The maximum atomic E-state index is 6.05. The molecule has 3 rings (SSSR count). The molecule has 1 unspecified atom stereocenters. The third-order valence-corrected chi connectivity index (χ3v) is 4.00. The van der Waals surface area contributed by atoms with Crippen LogP contribution in [0.1, 0.15) is 11.1 Å². The number of rotatable bonds is 4. The van der Waals surface area contributed by atoms with E-state index in [9.17, 15) is 0 Å². The van der Waals surface area contributed by atoms with E-state index in [1.807, 2.05) is 18.2 Å². The summed E-state index contributed by atoms with van der Waals surface area (Å²) in [6.45, 7) is 2.61. The van der Waals surface area contributed by atoms with Crippen LogP contribution < -0.4 is 19.9 Å². The lowest BCUT2D eigenvalue weighted by Gasteiger charge is -2.16. The highest BCUT2D eigenvalue weighted by Crippen LogP contribution is 2.45. The Morgan fingerprint density at radius 3 is 2.68 bits per heavy atom. The highest BCUT2D eigenvalue weighted by molar-refractivity contribution is 5.80. The van der Waals surface area contributed by atoms with E-state index in [0.29, 0.717) is 12.3 Å². The van der Waals surface area contributed by atoms with Gasteiger partial charge in [-0.3, -0.25) is 0 Å². The van der Waals surface area contributed by atoms with E-state index in [1.54, 1.807) is 14.2 Å². The van der Waals surface area contributed by atoms with Crippen LogP contribution in [0.3, 0.4) is 0 Å². The normalized spacial score (nSPS) is 16.1. The predicted octanol–water partition coefficient (Wildman–Crippen LogP) is 2.94. The van der Waals surface area contributed by atoms with Crippen LogP contribution in [0, 0.1) is 6.92 Å². The topological polar surface area (TPSA) is 53.7 Å². The quantitative estimate of drug-likeness (QED) is 0.943. The van der Waals surface area contributed by atoms with Crippen LogP contribution >= 0.6 is 0 Å². The molecule has 0 bridgehead atoms. The molecule has 0 aromatic heterocycles. The highest BCUT2D eigenvalue weighted by Gasteiger charge is 2.27. The van der Waals surface area contributed by atoms with Crippen molar-refractivity contribution >= 4 is 0 Å². The number of nitrogens with two attached hydrogens (primary N) is 1. The Morgan fingerprint density at radius 2 is 2.00 bits per heavy atom. The van der Waals surface area contributed by atoms with Gasteiger partial charge in [-0.25, -0.2) is 0 Å². The minimum atomic E-state index is 0.0483. The van der Waals surface area contributed by atoms with Gasteiger partial charge in [-0.1, -0.05) is 18.2 Å². The minimum Gasteiger partial charge on any atom is -0.493 e. The molecule has 0 saturated heterocycles. The van der Waals surface area contributed by atoms with Gasteiger partial charge in [-0.05, 0) is 30.2 Å². The van der Waals surface area contributed by atoms with E-state index in [2.05, 4.69) is 19.1 Å². The van der Waals surface area contributed by atoms with Crippen LogP contribution in [0.2, 0.25) is 0 Å². The summed E-state index contributed by atoms with van der Waals surface area (Å²) in [5, 5.41) is 0. The number of benzene rings is 2. The van der Waals surface area contributed by atoms with Gasteiger partial charge < -0.3 is 19.9 Å². The Labute approximate surface area is 130 Å². The molecule has 0 amide bonds. The molecule has 4 nitrogen and oxygen atoms in total. The Kier molecular flexibility index (Phi) is 3.94. The van der Waals surface area contributed by atoms with Crippen molar-refractivity contribution in [1.82, 2.24) is 0 Å². The predicted molar refractivity (Wildman–Crippen MR) is 86.9 cm³/mol. The molecule has 1 aliphatic rings. The first kappa shape index (κ1) is 14.7. The van der Waals surface area contributed by atoms with Gasteiger partial charge in [0.15, 0.2) is 11.5 Å². The number of aryl methyl sites for hydroxylation is 1. The second-order valence-electron chi connectivity index (χ2n) is 5.52. The van der Waals surface area contributed by atoms with Crippen LogP contribution in [-0.2, 0) is 6.42 Å². The molecule has 0 radical (unpaired) electrons. The Hall–Kier alpha value is -2.20. The lowest BCUT2D eigenvalue weighted by atomic mass is 9.97. The minimum absolute atomic E-state index is 0.0483. The molecule has 2 N–H and O–H groups in total. The van der Waals surface area contributed by atoms with E-state index in [0.717, 1.165) is 29.0 Å². The number of hydrogen-bond acceptors (Lipinski definition) is 4. The first-order valence-electron chi connectivity index (χ1n) is 7.39. The van der Waals surface area contributed by atoms with Gasteiger partial charge in [0.05, 0.1) is 14.2 Å². The Bertz CT molecular complexity index is 697. The fourth-order valence-electron chi connectivity index (χ4n) is 3.02. The van der Waals surface area contributed by atoms with Gasteiger partial charge in [-0.2, -0.15) is 0 Å². The van der Waals surface area contributed by atoms with Gasteiger partial charge in [0.1, 0.15) is 11.9 Å². The SMILES string of the molecule is COc1cccc(-c2cc(C)cc3c2OC(CN)C3)c1OC. The van der Waals surface area contributed by atoms with Gasteiger partial charge in [0.25, 0.3) is 0 Å². The summed E-state index contributed by atoms with van der Waals surface area (Å²) < 4.78 is 17.0. The zero-order chi connectivity index (χ0) is 15.7. The summed E-state index contributed by atoms with van der Waals surface area (Å²) in [6.07, 6.45) is 0.902. The second kappa shape index (κ2) is 5.89. The molecule has 4 heteroatoms. The van der Waals surface area contributed by atoms with Crippen molar-refractivity contribution < 1.29 is 14.2 Å². The third-order valence-electron chi connectivity index (χ3n) is 4.00. The number of ether oxygens (including phenoxy) is 3. The van der Waals surface area contributed by atoms with Crippen molar-refractivity contribution in [2.24, 2.45) is 5.73 Å². The molecular weight excluding hydrogens is 278 g/mol. The molecular formula is C18H21NO3. The van der Waals surface area contributed by atoms with Crippen molar-refractivity contribution in [1.29, 1.82) is 0 Å². The van der Waals surface area contributed by atoms with Gasteiger partial charge in [0, 0.05) is 24.1 Å². The summed E-state index contributed by atoms with van der Waals surface area (Å²) in [6, 6.07) is 10.2. The molecule has 0 fully saturated rings. The van der Waals surface area contributed by atoms with Crippen molar-refractivity contribution in [2.75, 3.05) is 20.8 Å². The standard InChI is InChI=1S/C18H21NO3/c1-11-7-12-9-13(10-19)22-17(12)15(8-11)14-5-4-6-16(20-2)18(14)21-3/h4-8,13H,9-10,19H2,1-3H3. The lowest BCUT2D eigenvalue weighted by Crippen LogP contribution is -2.24. The molecule has 116 valence electrons. The van der Waals surface area contributed by atoms with Crippen LogP contribution in [0.4, 0.5) is 0 Å². The van der Waals surface area contributed by atoms with Gasteiger partial charge in [0.2, 0.25) is 0 Å². The number of hydrogen-bond donors (Lipinski definition) is 1. The van der Waals surface area contributed by atoms with Crippen LogP contribution in [-0.4, -0.2) is 26.9 Å². The summed E-state index contributed by atoms with van der Waals surface area (Å²) in [5.41, 5.74) is 10.2. The van der Waals surface area contributed by atoms with E-state index in [1.165, 1.54) is 11.1 Å². The van der Waals surface area contributed by atoms with Gasteiger partial charge >= 0.3 is 0 Å². The monoisotopic (exact) mass is 299 g/mol. The average molecular weight is 299 g/mol. The molecule has 1 atom stereocenters. The van der Waals surface area contributed by atoms with E-state index >= 15 is 0 Å². The first-order chi connectivity index (χ1) is 10.7. The summed E-state index contributed by atoms with van der Waals surface area (Å²) in [4.78, 5) is 0. The fraction of sp³-hybridized carbons (Fsp3) is 0.333. The Balaban J connectivity index is 2.19. The van der Waals surface area contributed by atoms with E-state index < -0.39 is 0 Å². The van der Waals surface area contributed by atoms with Crippen LogP contribution in [0.15, 0.2) is 30.3 Å². The maximum Gasteiger partial charge on any atom is 0.168 e. The molecule has 0 aliphatic carbocycles. The molecule has 1 aliphatic heterocycles. The van der Waals surface area contributed by atoms with Crippen LogP contribution in [0.25, 0.3) is 11.1 Å². The molecule has 0 spiro atoms. The van der Waals surface area contributed by atoms with Crippen molar-refractivity contribution in [3.8, 4) is 28.4 Å². The summed E-state index contributed by atoms with van der Waals surface area (Å²) in [7, 11) is 3.30. The van der Waals surface area contributed by atoms with Crippen molar-refractivity contribution in [3.05, 3.63) is 41.5 Å². The molecule has 1 heterocycles. The first-order valence-corrected chi connectivity index (χ1v) is 7.39. The number of methoxy groups -OCH3 is 2. The Morgan fingerprint density at radius 1 is 1.18 bits per heavy atom. The smallest absolute Gasteiger partial charge is 0.168 e. The largest absolute Gasteiger partial charge is 0.493 e. The lowest BCUT2D eigenvalue weighted by molar-refractivity contribution is 0.242. The molecule has 2 aromatic carbocycles. The molecule has 22 heavy (non-hydrogen) atoms. The number of para-hydroxylation sites is 1. The zero-order valence-corrected chi connectivity index (χ0v) is 13.2. The van der Waals surface area contributed by atoms with E-state index in [4.69, 9.17) is 19.9 Å². The highest BCUT2D eigenvalue weighted by atomic mass is 16.5. The van der Waals surface area contributed by atoms with E-state index in [-0.39, 0.29) is 6.10 Å². The third kappa shape index (κ3) is 2.40. The van der Waals surface area contributed by atoms with Crippen LogP contribution in [0.5, 0.6) is 17.2 Å². The zero-order valence-electron chi connectivity index (χ0n) is 13.2. The summed E-state index contributed by atoms with van der Waals surface area (Å²) >= 11 is 0. The second-order valence-corrected chi connectivity index (χ2v) is 5.52. The average Bonchev–Trinajstić information content (AvgIpc) is 2.96. The number of fused-ring (bicyclic) bond motifs is 1. The fourth-order valence-corrected chi connectivity index (χ4v) is 3.02. The maximum absolute atomic E-state index is 6.05. The molecule has 2 aromatic rings.